The third-order valence-corrected chi connectivity index (χ3v) is 4.58. The molecule has 0 fully saturated rings. The summed E-state index contributed by atoms with van der Waals surface area (Å²) < 4.78 is 6.92. The molecule has 19 heavy (non-hydrogen) atoms. The van der Waals surface area contributed by atoms with E-state index in [0.717, 1.165) is 9.86 Å². The minimum atomic E-state index is -0.430. The topological polar surface area (TPSA) is 69.1 Å². The second-order valence-electron chi connectivity index (χ2n) is 3.80. The Kier molecular flexibility index (Phi) is 3.20. The van der Waals surface area contributed by atoms with Crippen molar-refractivity contribution in [1.29, 1.82) is 0 Å². The van der Waals surface area contributed by atoms with Gasteiger partial charge in [-0.25, -0.2) is 9.78 Å². The van der Waals surface area contributed by atoms with Crippen LogP contribution >= 0.6 is 43.2 Å². The van der Waals surface area contributed by atoms with Crippen LogP contribution in [0.5, 0.6) is 0 Å². The highest BCUT2D eigenvalue weighted by Crippen LogP contribution is 2.33. The normalized spacial score (nSPS) is 11.1. The van der Waals surface area contributed by atoms with Crippen LogP contribution in [0, 0.1) is 0 Å². The molecule has 2 aromatic heterocycles. The van der Waals surface area contributed by atoms with Gasteiger partial charge in [-0.1, -0.05) is 27.3 Å². The molecule has 7 heteroatoms. The Morgan fingerprint density at radius 1 is 1.26 bits per heavy atom. The molecule has 4 nitrogen and oxygen atoms in total. The van der Waals surface area contributed by atoms with Crippen molar-refractivity contribution in [3.05, 3.63) is 42.9 Å². The molecule has 0 spiro atoms. The van der Waals surface area contributed by atoms with Crippen molar-refractivity contribution in [3.8, 4) is 11.3 Å². The van der Waals surface area contributed by atoms with E-state index in [1.54, 1.807) is 12.1 Å². The number of aromatic nitrogens is 1. The number of nitrogens with two attached hydrogens (primary N) is 1. The lowest BCUT2D eigenvalue weighted by Gasteiger charge is -2.01. The van der Waals surface area contributed by atoms with E-state index in [0.29, 0.717) is 25.8 Å². The number of benzene rings is 1. The van der Waals surface area contributed by atoms with Crippen molar-refractivity contribution in [2.45, 2.75) is 0 Å². The summed E-state index contributed by atoms with van der Waals surface area (Å²) in [5.74, 6) is 0. The van der Waals surface area contributed by atoms with Crippen molar-refractivity contribution < 1.29 is 4.42 Å². The first kappa shape index (κ1) is 12.8. The minimum Gasteiger partial charge on any atom is -0.422 e. The van der Waals surface area contributed by atoms with Crippen LogP contribution in [0.3, 0.4) is 0 Å². The molecule has 0 radical (unpaired) electrons. The summed E-state index contributed by atoms with van der Waals surface area (Å²) in [6.45, 7) is 0. The standard InChI is InChI=1S/C12H6Br2N2O2S/c13-6-1-2-8-5(3-6)4-7(11(17)18-8)9-10(14)19-12(15)16-9/h1-4H,(H2,15,16). The average molecular weight is 402 g/mol. The van der Waals surface area contributed by atoms with E-state index >= 15 is 0 Å². The molecule has 2 heterocycles. The van der Waals surface area contributed by atoms with Crippen LogP contribution in [0.2, 0.25) is 0 Å². The van der Waals surface area contributed by atoms with Gasteiger partial charge in [-0.15, -0.1) is 0 Å². The number of hydrogen-bond acceptors (Lipinski definition) is 5. The predicted molar refractivity (Wildman–Crippen MR) is 83.4 cm³/mol. The van der Waals surface area contributed by atoms with Crippen LogP contribution in [0.4, 0.5) is 5.13 Å². The maximum absolute atomic E-state index is 12.0. The second-order valence-corrected chi connectivity index (χ2v) is 7.07. The molecule has 3 rings (SSSR count). The van der Waals surface area contributed by atoms with Crippen molar-refractivity contribution >= 4 is 59.3 Å². The Labute approximate surface area is 128 Å². The highest BCUT2D eigenvalue weighted by atomic mass is 79.9. The number of nitrogen functional groups attached to an aromatic ring is 1. The molecule has 0 amide bonds. The van der Waals surface area contributed by atoms with E-state index in [2.05, 4.69) is 36.8 Å². The smallest absolute Gasteiger partial charge is 0.345 e. The van der Waals surface area contributed by atoms with Gasteiger partial charge in [-0.2, -0.15) is 0 Å². The Morgan fingerprint density at radius 3 is 2.74 bits per heavy atom. The summed E-state index contributed by atoms with van der Waals surface area (Å²) in [5, 5.41) is 1.22. The van der Waals surface area contributed by atoms with Crippen molar-refractivity contribution in [3.63, 3.8) is 0 Å². The summed E-state index contributed by atoms with van der Waals surface area (Å²) in [6, 6.07) is 7.20. The molecule has 0 aliphatic heterocycles. The number of halogens is 2. The molecule has 0 atom stereocenters. The number of hydrogen-bond donors (Lipinski definition) is 1. The van der Waals surface area contributed by atoms with E-state index < -0.39 is 5.63 Å². The van der Waals surface area contributed by atoms with Gasteiger partial charge in [-0.05, 0) is 40.2 Å². The third-order valence-electron chi connectivity index (χ3n) is 2.55. The summed E-state index contributed by atoms with van der Waals surface area (Å²) in [5.41, 5.74) is 6.66. The van der Waals surface area contributed by atoms with Gasteiger partial charge >= 0.3 is 5.63 Å². The van der Waals surface area contributed by atoms with Crippen LogP contribution in [-0.2, 0) is 0 Å². The number of thiazole rings is 1. The van der Waals surface area contributed by atoms with Crippen LogP contribution in [0.15, 0.2) is 41.7 Å². The largest absolute Gasteiger partial charge is 0.422 e. The Bertz CT molecular complexity index is 841. The van der Waals surface area contributed by atoms with Gasteiger partial charge in [0.1, 0.15) is 15.1 Å². The summed E-state index contributed by atoms with van der Waals surface area (Å²) in [6.07, 6.45) is 0. The molecule has 0 aliphatic rings. The SMILES string of the molecule is Nc1nc(-c2cc3cc(Br)ccc3oc2=O)c(Br)s1. The lowest BCUT2D eigenvalue weighted by Crippen LogP contribution is -2.03. The molecule has 0 bridgehead atoms. The molecule has 1 aromatic carbocycles. The summed E-state index contributed by atoms with van der Waals surface area (Å²) in [4.78, 5) is 16.2. The monoisotopic (exact) mass is 400 g/mol. The highest BCUT2D eigenvalue weighted by molar-refractivity contribution is 9.11. The van der Waals surface area contributed by atoms with Gasteiger partial charge < -0.3 is 10.2 Å². The van der Waals surface area contributed by atoms with Crippen molar-refractivity contribution in [1.82, 2.24) is 4.98 Å². The fourth-order valence-corrected chi connectivity index (χ4v) is 3.49. The molecule has 2 N–H and O–H groups in total. The van der Waals surface area contributed by atoms with Gasteiger partial charge in [-0.3, -0.25) is 0 Å². The average Bonchev–Trinajstić information content (AvgIpc) is 2.68. The van der Waals surface area contributed by atoms with Crippen LogP contribution in [-0.4, -0.2) is 4.98 Å². The number of anilines is 1. The Morgan fingerprint density at radius 2 is 2.05 bits per heavy atom. The lowest BCUT2D eigenvalue weighted by atomic mass is 10.1. The van der Waals surface area contributed by atoms with Crippen LogP contribution < -0.4 is 11.4 Å². The molecule has 0 saturated heterocycles. The minimum absolute atomic E-state index is 0.394. The first-order chi connectivity index (χ1) is 9.04. The van der Waals surface area contributed by atoms with Gasteiger partial charge in [0.25, 0.3) is 0 Å². The quantitative estimate of drug-likeness (QED) is 0.625. The van der Waals surface area contributed by atoms with Crippen molar-refractivity contribution in [2.24, 2.45) is 0 Å². The fourth-order valence-electron chi connectivity index (χ4n) is 1.74. The molecule has 0 saturated carbocycles. The van der Waals surface area contributed by atoms with Crippen LogP contribution in [0.1, 0.15) is 0 Å². The zero-order valence-corrected chi connectivity index (χ0v) is 13.3. The maximum Gasteiger partial charge on any atom is 0.345 e. The van der Waals surface area contributed by atoms with Gasteiger partial charge in [0.2, 0.25) is 0 Å². The first-order valence-corrected chi connectivity index (χ1v) is 7.60. The molecule has 3 aromatic rings. The Hall–Kier alpha value is -1.18. The molecular formula is C12H6Br2N2O2S. The van der Waals surface area contributed by atoms with Gasteiger partial charge in [0, 0.05) is 9.86 Å². The van der Waals surface area contributed by atoms with E-state index in [1.165, 1.54) is 11.3 Å². The predicted octanol–water partition coefficient (Wildman–Crippen LogP) is 4.02. The summed E-state index contributed by atoms with van der Waals surface area (Å²) >= 11 is 8.02. The number of fused-ring (bicyclic) bond motifs is 1. The molecule has 0 unspecified atom stereocenters. The van der Waals surface area contributed by atoms with E-state index in [1.807, 2.05) is 12.1 Å². The zero-order valence-electron chi connectivity index (χ0n) is 9.31. The molecule has 96 valence electrons. The fraction of sp³-hybridized carbons (Fsp3) is 0. The zero-order chi connectivity index (χ0) is 13.6. The molecule has 0 aliphatic carbocycles. The van der Waals surface area contributed by atoms with Crippen molar-refractivity contribution in [2.75, 3.05) is 5.73 Å². The number of rotatable bonds is 1. The van der Waals surface area contributed by atoms with E-state index in [-0.39, 0.29) is 0 Å². The van der Waals surface area contributed by atoms with Crippen LogP contribution in [0.25, 0.3) is 22.2 Å². The first-order valence-electron chi connectivity index (χ1n) is 5.20. The second kappa shape index (κ2) is 4.73. The van der Waals surface area contributed by atoms with E-state index in [9.17, 15) is 4.79 Å². The molecular weight excluding hydrogens is 396 g/mol. The number of nitrogens with zero attached hydrogens (tertiary/aromatic N) is 1. The Balaban J connectivity index is 2.32. The highest BCUT2D eigenvalue weighted by Gasteiger charge is 2.15. The third kappa shape index (κ3) is 2.33. The van der Waals surface area contributed by atoms with Gasteiger partial charge in [0.15, 0.2) is 5.13 Å². The summed E-state index contributed by atoms with van der Waals surface area (Å²) in [7, 11) is 0. The maximum atomic E-state index is 12.0. The lowest BCUT2D eigenvalue weighted by molar-refractivity contribution is 0.563. The van der Waals surface area contributed by atoms with E-state index in [4.69, 9.17) is 10.2 Å². The van der Waals surface area contributed by atoms with Gasteiger partial charge in [0.05, 0.1) is 5.56 Å².